The van der Waals surface area contributed by atoms with Crippen molar-refractivity contribution in [1.29, 1.82) is 0 Å². The fraction of sp³-hybridized carbons (Fsp3) is 0.500. The van der Waals surface area contributed by atoms with Crippen molar-refractivity contribution in [2.24, 2.45) is 0 Å². The van der Waals surface area contributed by atoms with E-state index in [0.717, 1.165) is 5.56 Å². The molecule has 2 heterocycles. The molecule has 0 aromatic heterocycles. The smallest absolute Gasteiger partial charge is 0.247 e. The van der Waals surface area contributed by atoms with Crippen LogP contribution in [-0.4, -0.2) is 65.3 Å². The van der Waals surface area contributed by atoms with E-state index < -0.39 is 12.1 Å². The molecule has 118 valence electrons. The van der Waals surface area contributed by atoms with Crippen LogP contribution in [0.1, 0.15) is 12.5 Å². The lowest BCUT2D eigenvalue weighted by Gasteiger charge is -2.47. The summed E-state index contributed by atoms with van der Waals surface area (Å²) in [6.45, 7) is 4.09. The Hall–Kier alpha value is -1.95. The van der Waals surface area contributed by atoms with Crippen LogP contribution in [0.5, 0.6) is 0 Å². The number of benzene rings is 1. The largest absolute Gasteiger partial charge is 0.332 e. The first-order chi connectivity index (χ1) is 10.5. The third-order valence-corrected chi connectivity index (χ3v) is 4.61. The van der Waals surface area contributed by atoms with Crippen LogP contribution in [0.2, 0.25) is 0 Å². The lowest BCUT2D eigenvalue weighted by atomic mass is 10.0. The molecule has 0 aliphatic carbocycles. The van der Waals surface area contributed by atoms with Crippen molar-refractivity contribution in [3.63, 3.8) is 0 Å². The van der Waals surface area contributed by atoms with E-state index in [-0.39, 0.29) is 17.6 Å². The van der Waals surface area contributed by atoms with Gasteiger partial charge in [0, 0.05) is 33.2 Å². The zero-order valence-electron chi connectivity index (χ0n) is 12.8. The molecular weight excluding hydrogens is 285 g/mol. The van der Waals surface area contributed by atoms with E-state index in [4.69, 9.17) is 0 Å². The first-order valence-corrected chi connectivity index (χ1v) is 7.51. The summed E-state index contributed by atoms with van der Waals surface area (Å²) in [4.78, 5) is 30.0. The minimum absolute atomic E-state index is 0.0116. The highest BCUT2D eigenvalue weighted by Gasteiger charge is 2.44. The second-order valence-corrected chi connectivity index (χ2v) is 6.04. The Kier molecular flexibility index (Phi) is 3.87. The summed E-state index contributed by atoms with van der Waals surface area (Å²) in [6, 6.07) is 5.67. The second kappa shape index (κ2) is 5.68. The van der Waals surface area contributed by atoms with Gasteiger partial charge in [-0.25, -0.2) is 4.39 Å². The van der Waals surface area contributed by atoms with E-state index in [1.54, 1.807) is 24.9 Å². The van der Waals surface area contributed by atoms with Crippen molar-refractivity contribution in [3.8, 4) is 0 Å². The molecular formula is C16H20FN3O2. The minimum atomic E-state index is -0.420. The van der Waals surface area contributed by atoms with Gasteiger partial charge in [-0.05, 0) is 24.6 Å². The lowest BCUT2D eigenvalue weighted by Crippen LogP contribution is -2.68. The summed E-state index contributed by atoms with van der Waals surface area (Å²) >= 11 is 0. The predicted molar refractivity (Wildman–Crippen MR) is 79.4 cm³/mol. The third kappa shape index (κ3) is 2.59. The van der Waals surface area contributed by atoms with E-state index in [9.17, 15) is 14.0 Å². The monoisotopic (exact) mass is 305 g/mol. The average molecular weight is 305 g/mol. The van der Waals surface area contributed by atoms with Gasteiger partial charge in [-0.3, -0.25) is 14.5 Å². The Bertz CT molecular complexity index is 607. The molecule has 0 unspecified atom stereocenters. The van der Waals surface area contributed by atoms with Crippen molar-refractivity contribution >= 4 is 11.8 Å². The molecule has 2 aliphatic rings. The van der Waals surface area contributed by atoms with Gasteiger partial charge in [0.2, 0.25) is 11.8 Å². The maximum absolute atomic E-state index is 13.3. The summed E-state index contributed by atoms with van der Waals surface area (Å²) in [5, 5.41) is 0. The highest BCUT2D eigenvalue weighted by atomic mass is 19.1. The first-order valence-electron chi connectivity index (χ1n) is 7.51. The molecule has 22 heavy (non-hydrogen) atoms. The van der Waals surface area contributed by atoms with Crippen LogP contribution < -0.4 is 0 Å². The predicted octanol–water partition coefficient (Wildman–Crippen LogP) is 0.699. The summed E-state index contributed by atoms with van der Waals surface area (Å²) in [5.41, 5.74) is 0.879. The number of likely N-dealkylation sites (N-methyl/N-ethyl adjacent to an activating group) is 1. The van der Waals surface area contributed by atoms with Crippen LogP contribution in [0, 0.1) is 5.82 Å². The number of nitrogens with zero attached hydrogens (tertiary/aromatic N) is 3. The standard InChI is InChI=1S/C16H20FN3O2/c1-11-15(21)20-7-6-19(10-14(20)16(22)18(11)2)9-12-4-3-5-13(17)8-12/h3-5,8,11,14H,6-7,9-10H2,1-2H3/t11-,14+/m0/s1. The van der Waals surface area contributed by atoms with Crippen LogP contribution >= 0.6 is 0 Å². The molecule has 2 fully saturated rings. The molecule has 5 nitrogen and oxygen atoms in total. The number of piperazine rings is 2. The number of amides is 2. The van der Waals surface area contributed by atoms with E-state index in [1.807, 2.05) is 6.07 Å². The number of halogens is 1. The molecule has 2 amide bonds. The average Bonchev–Trinajstić information content (AvgIpc) is 2.51. The van der Waals surface area contributed by atoms with Crippen LogP contribution in [-0.2, 0) is 16.1 Å². The van der Waals surface area contributed by atoms with Crippen molar-refractivity contribution in [2.75, 3.05) is 26.7 Å². The fourth-order valence-corrected chi connectivity index (χ4v) is 3.18. The maximum Gasteiger partial charge on any atom is 0.247 e. The number of hydrogen-bond acceptors (Lipinski definition) is 3. The SMILES string of the molecule is C[C@H]1C(=O)N2CCN(Cc3cccc(F)c3)C[C@@H]2C(=O)N1C. The molecule has 2 saturated heterocycles. The Morgan fingerprint density at radius 3 is 2.73 bits per heavy atom. The number of rotatable bonds is 2. The van der Waals surface area contributed by atoms with Gasteiger partial charge in [0.05, 0.1) is 0 Å². The van der Waals surface area contributed by atoms with Gasteiger partial charge in [0.15, 0.2) is 0 Å². The molecule has 2 aliphatic heterocycles. The Labute approximate surface area is 129 Å². The number of carbonyl (C=O) groups is 2. The first kappa shape index (κ1) is 15.0. The molecule has 1 aromatic rings. The summed E-state index contributed by atoms with van der Waals surface area (Å²) < 4.78 is 13.3. The summed E-state index contributed by atoms with van der Waals surface area (Å²) in [7, 11) is 1.67. The molecule has 0 saturated carbocycles. The normalized spacial score (nSPS) is 26.3. The zero-order valence-corrected chi connectivity index (χ0v) is 12.8. The molecule has 1 aromatic carbocycles. The topological polar surface area (TPSA) is 43.9 Å². The Balaban J connectivity index is 1.72. The van der Waals surface area contributed by atoms with Crippen LogP contribution in [0.25, 0.3) is 0 Å². The molecule has 6 heteroatoms. The third-order valence-electron chi connectivity index (χ3n) is 4.61. The minimum Gasteiger partial charge on any atom is -0.332 e. The molecule has 0 radical (unpaired) electrons. The van der Waals surface area contributed by atoms with E-state index >= 15 is 0 Å². The molecule has 2 atom stereocenters. The second-order valence-electron chi connectivity index (χ2n) is 6.04. The summed E-state index contributed by atoms with van der Waals surface area (Å²) in [5.74, 6) is -0.262. The van der Waals surface area contributed by atoms with Gasteiger partial charge in [-0.15, -0.1) is 0 Å². The van der Waals surface area contributed by atoms with Gasteiger partial charge in [0.25, 0.3) is 0 Å². The van der Waals surface area contributed by atoms with E-state index in [1.165, 1.54) is 17.0 Å². The zero-order chi connectivity index (χ0) is 15.9. The Morgan fingerprint density at radius 1 is 1.23 bits per heavy atom. The van der Waals surface area contributed by atoms with Crippen molar-refractivity contribution in [1.82, 2.24) is 14.7 Å². The number of fused-ring (bicyclic) bond motifs is 1. The maximum atomic E-state index is 13.3. The summed E-state index contributed by atoms with van der Waals surface area (Å²) in [6.07, 6.45) is 0. The lowest BCUT2D eigenvalue weighted by molar-refractivity contribution is -0.163. The van der Waals surface area contributed by atoms with Crippen LogP contribution in [0.3, 0.4) is 0 Å². The fourth-order valence-electron chi connectivity index (χ4n) is 3.18. The Morgan fingerprint density at radius 2 is 2.00 bits per heavy atom. The van der Waals surface area contributed by atoms with Gasteiger partial charge >= 0.3 is 0 Å². The van der Waals surface area contributed by atoms with Crippen molar-refractivity contribution < 1.29 is 14.0 Å². The quantitative estimate of drug-likeness (QED) is 0.808. The van der Waals surface area contributed by atoms with Gasteiger partial charge in [-0.1, -0.05) is 12.1 Å². The molecule has 0 spiro atoms. The molecule has 0 bridgehead atoms. The molecule has 3 rings (SSSR count). The van der Waals surface area contributed by atoms with Gasteiger partial charge < -0.3 is 9.80 Å². The number of hydrogen-bond donors (Lipinski definition) is 0. The van der Waals surface area contributed by atoms with E-state index in [0.29, 0.717) is 26.2 Å². The van der Waals surface area contributed by atoms with Crippen LogP contribution in [0.15, 0.2) is 24.3 Å². The highest BCUT2D eigenvalue weighted by molar-refractivity contribution is 5.96. The van der Waals surface area contributed by atoms with Crippen LogP contribution in [0.4, 0.5) is 4.39 Å². The van der Waals surface area contributed by atoms with Crippen molar-refractivity contribution in [3.05, 3.63) is 35.6 Å². The van der Waals surface area contributed by atoms with E-state index in [2.05, 4.69) is 4.90 Å². The van der Waals surface area contributed by atoms with Gasteiger partial charge in [0.1, 0.15) is 17.9 Å². The van der Waals surface area contributed by atoms with Gasteiger partial charge in [-0.2, -0.15) is 0 Å². The number of carbonyl (C=O) groups excluding carboxylic acids is 2. The van der Waals surface area contributed by atoms with Crippen molar-refractivity contribution in [2.45, 2.75) is 25.6 Å². The highest BCUT2D eigenvalue weighted by Crippen LogP contribution is 2.22. The molecule has 0 N–H and O–H groups in total.